The number of fused-ring (bicyclic) bond motifs is 1. The topological polar surface area (TPSA) is 80.1 Å². The highest BCUT2D eigenvalue weighted by atomic mass is 16.2. The Morgan fingerprint density at radius 3 is 2.93 bits per heavy atom. The lowest BCUT2D eigenvalue weighted by Gasteiger charge is -2.17. The average molecular weight is 381 g/mol. The number of nitrogens with one attached hydrogen (secondary N) is 1. The van der Waals surface area contributed by atoms with Crippen LogP contribution in [0.15, 0.2) is 30.5 Å². The van der Waals surface area contributed by atoms with Gasteiger partial charge in [0.05, 0.1) is 12.2 Å². The second kappa shape index (κ2) is 8.12. The van der Waals surface area contributed by atoms with E-state index in [1.54, 1.807) is 13.1 Å². The molecule has 1 N–H and O–H groups in total. The number of likely N-dealkylation sites (tertiary alicyclic amines) is 1. The summed E-state index contributed by atoms with van der Waals surface area (Å²) >= 11 is 0. The van der Waals surface area contributed by atoms with Gasteiger partial charge in [0.15, 0.2) is 5.65 Å². The quantitative estimate of drug-likeness (QED) is 0.806. The van der Waals surface area contributed by atoms with Crippen molar-refractivity contribution in [1.82, 2.24) is 25.0 Å². The SMILES string of the molecule is CC(=O)N1CC[C@H](c2nn(CCNC(=O)[C@@H]3CC=CCC3)c3ncccc23)C1. The molecule has 2 aliphatic rings. The molecule has 7 nitrogen and oxygen atoms in total. The molecule has 1 aliphatic heterocycles. The molecule has 28 heavy (non-hydrogen) atoms. The molecule has 1 fully saturated rings. The number of hydrogen-bond acceptors (Lipinski definition) is 4. The molecule has 3 heterocycles. The molecule has 4 rings (SSSR count). The normalized spacial score (nSPS) is 22.0. The zero-order chi connectivity index (χ0) is 19.5. The lowest BCUT2D eigenvalue weighted by molar-refractivity contribution is -0.128. The van der Waals surface area contributed by atoms with E-state index in [2.05, 4.69) is 22.5 Å². The molecular formula is C21H27N5O2. The Morgan fingerprint density at radius 1 is 1.29 bits per heavy atom. The van der Waals surface area contributed by atoms with Crippen molar-refractivity contribution in [2.24, 2.45) is 5.92 Å². The summed E-state index contributed by atoms with van der Waals surface area (Å²) in [4.78, 5) is 30.4. The van der Waals surface area contributed by atoms with Gasteiger partial charge in [-0.25, -0.2) is 9.67 Å². The van der Waals surface area contributed by atoms with Crippen molar-refractivity contribution in [3.8, 4) is 0 Å². The van der Waals surface area contributed by atoms with Crippen molar-refractivity contribution in [3.05, 3.63) is 36.2 Å². The number of nitrogens with zero attached hydrogens (tertiary/aromatic N) is 4. The minimum absolute atomic E-state index is 0.0871. The van der Waals surface area contributed by atoms with Crippen LogP contribution in [0.5, 0.6) is 0 Å². The minimum Gasteiger partial charge on any atom is -0.354 e. The maximum Gasteiger partial charge on any atom is 0.223 e. The first-order valence-corrected chi connectivity index (χ1v) is 10.1. The number of carbonyl (C=O) groups excluding carboxylic acids is 2. The van der Waals surface area contributed by atoms with E-state index >= 15 is 0 Å². The van der Waals surface area contributed by atoms with E-state index in [0.717, 1.165) is 49.0 Å². The molecule has 148 valence electrons. The highest BCUT2D eigenvalue weighted by Crippen LogP contribution is 2.31. The molecule has 7 heteroatoms. The Labute approximate surface area is 164 Å². The summed E-state index contributed by atoms with van der Waals surface area (Å²) in [5.74, 6) is 0.566. The fraction of sp³-hybridized carbons (Fsp3) is 0.524. The van der Waals surface area contributed by atoms with Crippen LogP contribution in [0.2, 0.25) is 0 Å². The fourth-order valence-corrected chi connectivity index (χ4v) is 4.22. The van der Waals surface area contributed by atoms with E-state index < -0.39 is 0 Å². The van der Waals surface area contributed by atoms with Gasteiger partial charge in [-0.3, -0.25) is 9.59 Å². The molecule has 0 bridgehead atoms. The fourth-order valence-electron chi connectivity index (χ4n) is 4.22. The Kier molecular flexibility index (Phi) is 5.41. The molecular weight excluding hydrogens is 354 g/mol. The highest BCUT2D eigenvalue weighted by molar-refractivity contribution is 5.80. The van der Waals surface area contributed by atoms with Gasteiger partial charge in [0.25, 0.3) is 0 Å². The molecule has 0 radical (unpaired) electrons. The molecule has 2 aromatic heterocycles. The number of carbonyl (C=O) groups is 2. The largest absolute Gasteiger partial charge is 0.354 e. The van der Waals surface area contributed by atoms with Gasteiger partial charge < -0.3 is 10.2 Å². The van der Waals surface area contributed by atoms with Gasteiger partial charge >= 0.3 is 0 Å². The predicted molar refractivity (Wildman–Crippen MR) is 107 cm³/mol. The van der Waals surface area contributed by atoms with Crippen molar-refractivity contribution in [2.45, 2.75) is 45.1 Å². The first-order chi connectivity index (χ1) is 13.6. The van der Waals surface area contributed by atoms with Crippen molar-refractivity contribution in [3.63, 3.8) is 0 Å². The van der Waals surface area contributed by atoms with Crippen LogP contribution in [-0.4, -0.2) is 51.1 Å². The van der Waals surface area contributed by atoms with Crippen molar-refractivity contribution < 1.29 is 9.59 Å². The molecule has 0 aromatic carbocycles. The molecule has 1 aliphatic carbocycles. The maximum atomic E-state index is 12.3. The predicted octanol–water partition coefficient (Wildman–Crippen LogP) is 2.24. The van der Waals surface area contributed by atoms with E-state index in [4.69, 9.17) is 5.10 Å². The third-order valence-corrected chi connectivity index (χ3v) is 5.82. The van der Waals surface area contributed by atoms with Crippen LogP contribution in [-0.2, 0) is 16.1 Å². The van der Waals surface area contributed by atoms with Gasteiger partial charge in [0.1, 0.15) is 0 Å². The minimum atomic E-state index is 0.0871. The second-order valence-corrected chi connectivity index (χ2v) is 7.71. The summed E-state index contributed by atoms with van der Waals surface area (Å²) in [6.07, 6.45) is 9.66. The Morgan fingerprint density at radius 2 is 2.18 bits per heavy atom. The highest BCUT2D eigenvalue weighted by Gasteiger charge is 2.29. The van der Waals surface area contributed by atoms with E-state index in [0.29, 0.717) is 19.6 Å². The lowest BCUT2D eigenvalue weighted by Crippen LogP contribution is -2.33. The summed E-state index contributed by atoms with van der Waals surface area (Å²) < 4.78 is 1.89. The number of aromatic nitrogens is 3. The van der Waals surface area contributed by atoms with Gasteiger partial charge in [-0.2, -0.15) is 5.10 Å². The van der Waals surface area contributed by atoms with Crippen LogP contribution < -0.4 is 5.32 Å². The third kappa shape index (κ3) is 3.79. The molecule has 1 saturated heterocycles. The number of pyridine rings is 1. The van der Waals surface area contributed by atoms with E-state index in [-0.39, 0.29) is 23.7 Å². The molecule has 0 unspecified atom stereocenters. The molecule has 0 spiro atoms. The summed E-state index contributed by atoms with van der Waals surface area (Å²) in [5, 5.41) is 8.92. The summed E-state index contributed by atoms with van der Waals surface area (Å²) in [7, 11) is 0. The maximum absolute atomic E-state index is 12.3. The number of rotatable bonds is 5. The van der Waals surface area contributed by atoms with Gasteiger partial charge in [0.2, 0.25) is 11.8 Å². The lowest BCUT2D eigenvalue weighted by atomic mass is 9.94. The zero-order valence-electron chi connectivity index (χ0n) is 16.3. The Balaban J connectivity index is 1.45. The van der Waals surface area contributed by atoms with Gasteiger partial charge in [-0.1, -0.05) is 12.2 Å². The van der Waals surface area contributed by atoms with Gasteiger partial charge in [-0.05, 0) is 37.8 Å². The van der Waals surface area contributed by atoms with Crippen LogP contribution in [0.4, 0.5) is 0 Å². The van der Waals surface area contributed by atoms with Crippen LogP contribution in [0.3, 0.4) is 0 Å². The summed E-state index contributed by atoms with van der Waals surface area (Å²) in [6.45, 7) is 4.23. The third-order valence-electron chi connectivity index (χ3n) is 5.82. The van der Waals surface area contributed by atoms with Crippen molar-refractivity contribution in [2.75, 3.05) is 19.6 Å². The van der Waals surface area contributed by atoms with Gasteiger partial charge in [-0.15, -0.1) is 0 Å². The van der Waals surface area contributed by atoms with Crippen LogP contribution in [0.1, 0.15) is 44.2 Å². The first-order valence-electron chi connectivity index (χ1n) is 10.1. The number of allylic oxidation sites excluding steroid dienone is 2. The average Bonchev–Trinajstić information content (AvgIpc) is 3.34. The van der Waals surface area contributed by atoms with E-state index in [1.165, 1.54) is 0 Å². The smallest absolute Gasteiger partial charge is 0.223 e. The Bertz CT molecular complexity index is 903. The zero-order valence-corrected chi connectivity index (χ0v) is 16.3. The molecule has 2 atom stereocenters. The van der Waals surface area contributed by atoms with Gasteiger partial charge in [0, 0.05) is 50.0 Å². The summed E-state index contributed by atoms with van der Waals surface area (Å²) in [5.41, 5.74) is 1.85. The van der Waals surface area contributed by atoms with Crippen molar-refractivity contribution >= 4 is 22.8 Å². The van der Waals surface area contributed by atoms with Crippen molar-refractivity contribution in [1.29, 1.82) is 0 Å². The van der Waals surface area contributed by atoms with Crippen LogP contribution in [0, 0.1) is 5.92 Å². The van der Waals surface area contributed by atoms with Crippen LogP contribution in [0.25, 0.3) is 11.0 Å². The number of amides is 2. The molecule has 0 saturated carbocycles. The van der Waals surface area contributed by atoms with E-state index in [9.17, 15) is 9.59 Å². The number of hydrogen-bond donors (Lipinski definition) is 1. The standard InChI is InChI=1S/C21H27N5O2/c1-15(27)25-12-9-17(14-25)19-18-8-5-10-22-20(18)26(24-19)13-11-23-21(28)16-6-3-2-4-7-16/h2-3,5,8,10,16-17H,4,6-7,9,11-14H2,1H3,(H,23,28)/t16-,17+/m1/s1. The monoisotopic (exact) mass is 381 g/mol. The molecule has 2 aromatic rings. The van der Waals surface area contributed by atoms with Crippen LogP contribution >= 0.6 is 0 Å². The second-order valence-electron chi connectivity index (χ2n) is 7.71. The molecule has 2 amide bonds. The first kappa shape index (κ1) is 18.7. The Hall–Kier alpha value is -2.70. The summed E-state index contributed by atoms with van der Waals surface area (Å²) in [6, 6.07) is 3.97. The van der Waals surface area contributed by atoms with E-state index in [1.807, 2.05) is 21.7 Å².